The van der Waals surface area contributed by atoms with Crippen LogP contribution in [0.4, 0.5) is 0 Å². The highest BCUT2D eigenvalue weighted by molar-refractivity contribution is 7.00. The standard InChI is InChI=1S/C13H13N3O4S/c17-10-5-20-11-9(4-19-12(10)11)14-13(18)6-1-2-7-8(3-6)16-21-15-7/h1-3,9-12,17H,4-5H2,(H,14,18)/t9-,10-,11-,12-/m1/s1. The molecule has 21 heavy (non-hydrogen) atoms. The van der Waals surface area contributed by atoms with Crippen LogP contribution in [0.5, 0.6) is 0 Å². The van der Waals surface area contributed by atoms with E-state index >= 15 is 0 Å². The Labute approximate surface area is 124 Å². The minimum absolute atomic E-state index is 0.205. The highest BCUT2D eigenvalue weighted by Crippen LogP contribution is 2.27. The van der Waals surface area contributed by atoms with Crippen LogP contribution in [0, 0.1) is 0 Å². The topological polar surface area (TPSA) is 93.6 Å². The van der Waals surface area contributed by atoms with Gasteiger partial charge in [0.05, 0.1) is 31.0 Å². The van der Waals surface area contributed by atoms with Gasteiger partial charge >= 0.3 is 0 Å². The molecule has 2 fully saturated rings. The first-order valence-electron chi connectivity index (χ1n) is 6.67. The summed E-state index contributed by atoms with van der Waals surface area (Å²) in [5.74, 6) is -0.205. The molecule has 4 rings (SSSR count). The van der Waals surface area contributed by atoms with E-state index in [0.717, 1.165) is 17.2 Å². The number of benzene rings is 1. The van der Waals surface area contributed by atoms with Crippen LogP contribution in [-0.4, -0.2) is 57.3 Å². The lowest BCUT2D eigenvalue weighted by Gasteiger charge is -2.17. The second kappa shape index (κ2) is 4.99. The number of nitrogens with one attached hydrogen (secondary N) is 1. The van der Waals surface area contributed by atoms with Crippen molar-refractivity contribution in [1.82, 2.24) is 14.1 Å². The third-order valence-corrected chi connectivity index (χ3v) is 4.42. The van der Waals surface area contributed by atoms with E-state index in [0.29, 0.717) is 17.7 Å². The summed E-state index contributed by atoms with van der Waals surface area (Å²) in [5, 5.41) is 12.6. The molecule has 0 saturated carbocycles. The molecule has 1 aromatic carbocycles. The Morgan fingerprint density at radius 3 is 2.95 bits per heavy atom. The molecule has 0 unspecified atom stereocenters. The summed E-state index contributed by atoms with van der Waals surface area (Å²) in [6, 6.07) is 4.96. The Kier molecular flexibility index (Phi) is 3.11. The molecule has 1 amide bonds. The van der Waals surface area contributed by atoms with Gasteiger partial charge in [0.1, 0.15) is 29.3 Å². The van der Waals surface area contributed by atoms with Crippen LogP contribution in [-0.2, 0) is 9.47 Å². The van der Waals surface area contributed by atoms with Crippen LogP contribution >= 0.6 is 11.7 Å². The number of carbonyl (C=O) groups is 1. The monoisotopic (exact) mass is 307 g/mol. The zero-order chi connectivity index (χ0) is 14.4. The molecule has 2 aliphatic heterocycles. The van der Waals surface area contributed by atoms with Gasteiger partial charge in [0, 0.05) is 5.56 Å². The predicted molar refractivity (Wildman–Crippen MR) is 74.2 cm³/mol. The molecule has 8 heteroatoms. The predicted octanol–water partition coefficient (Wildman–Crippen LogP) is -0.0518. The normalized spacial score (nSPS) is 31.5. The number of hydrogen-bond donors (Lipinski definition) is 2. The van der Waals surface area contributed by atoms with Gasteiger partial charge in [-0.05, 0) is 18.2 Å². The van der Waals surface area contributed by atoms with E-state index in [1.165, 1.54) is 0 Å². The molecule has 0 aliphatic carbocycles. The number of nitrogens with zero attached hydrogens (tertiary/aromatic N) is 2. The van der Waals surface area contributed by atoms with E-state index < -0.39 is 6.10 Å². The molecular weight excluding hydrogens is 294 g/mol. The first-order chi connectivity index (χ1) is 10.2. The van der Waals surface area contributed by atoms with E-state index in [9.17, 15) is 9.90 Å². The van der Waals surface area contributed by atoms with Gasteiger partial charge in [-0.2, -0.15) is 8.75 Å². The number of aromatic nitrogens is 2. The summed E-state index contributed by atoms with van der Waals surface area (Å²) < 4.78 is 19.2. The van der Waals surface area contributed by atoms with Crippen LogP contribution in [0.25, 0.3) is 11.0 Å². The zero-order valence-corrected chi connectivity index (χ0v) is 11.7. The fourth-order valence-electron chi connectivity index (χ4n) is 2.78. The molecule has 2 N–H and O–H groups in total. The lowest BCUT2D eigenvalue weighted by atomic mass is 10.1. The quantitative estimate of drug-likeness (QED) is 0.808. The van der Waals surface area contributed by atoms with Crippen LogP contribution in [0.15, 0.2) is 18.2 Å². The Morgan fingerprint density at radius 2 is 2.05 bits per heavy atom. The molecule has 0 bridgehead atoms. The number of rotatable bonds is 2. The number of hydrogen-bond acceptors (Lipinski definition) is 7. The third kappa shape index (κ3) is 2.20. The van der Waals surface area contributed by atoms with Crippen molar-refractivity contribution in [2.24, 2.45) is 0 Å². The van der Waals surface area contributed by atoms with Crippen molar-refractivity contribution < 1.29 is 19.4 Å². The van der Waals surface area contributed by atoms with Crippen LogP contribution in [0.1, 0.15) is 10.4 Å². The summed E-state index contributed by atoms with van der Waals surface area (Å²) in [6.45, 7) is 0.594. The summed E-state index contributed by atoms with van der Waals surface area (Å²) in [6.07, 6.45) is -1.25. The van der Waals surface area contributed by atoms with Gasteiger partial charge in [0.25, 0.3) is 5.91 Å². The number of aliphatic hydroxyl groups excluding tert-OH is 1. The zero-order valence-electron chi connectivity index (χ0n) is 10.9. The minimum atomic E-state index is -0.616. The van der Waals surface area contributed by atoms with Crippen molar-refractivity contribution >= 4 is 28.7 Å². The molecule has 110 valence electrons. The third-order valence-electron chi connectivity index (χ3n) is 3.86. The Hall–Kier alpha value is -1.61. The number of ether oxygens (including phenoxy) is 2. The second-order valence-electron chi connectivity index (χ2n) is 5.21. The number of amides is 1. The number of carbonyl (C=O) groups excluding carboxylic acids is 1. The molecule has 2 aromatic rings. The van der Waals surface area contributed by atoms with Crippen molar-refractivity contribution in [3.05, 3.63) is 23.8 Å². The van der Waals surface area contributed by atoms with Crippen LogP contribution < -0.4 is 5.32 Å². The Bertz CT molecular complexity index is 691. The first kappa shape index (κ1) is 13.1. The number of aliphatic hydroxyl groups is 1. The van der Waals surface area contributed by atoms with Crippen LogP contribution in [0.3, 0.4) is 0 Å². The van der Waals surface area contributed by atoms with Gasteiger partial charge in [-0.1, -0.05) is 0 Å². The SMILES string of the molecule is O=C(N[C@@H]1CO[C@H]2[C@@H]1OC[C@H]2O)c1ccc2nsnc2c1. The van der Waals surface area contributed by atoms with E-state index in [-0.39, 0.29) is 30.8 Å². The lowest BCUT2D eigenvalue weighted by molar-refractivity contribution is 0.0178. The molecule has 2 saturated heterocycles. The molecule has 2 aliphatic rings. The van der Waals surface area contributed by atoms with Crippen molar-refractivity contribution in [3.63, 3.8) is 0 Å². The molecule has 3 heterocycles. The maximum absolute atomic E-state index is 12.3. The lowest BCUT2D eigenvalue weighted by Crippen LogP contribution is -2.44. The maximum Gasteiger partial charge on any atom is 0.251 e. The Balaban J connectivity index is 1.50. The highest BCUT2D eigenvalue weighted by Gasteiger charge is 2.47. The van der Waals surface area contributed by atoms with E-state index in [4.69, 9.17) is 9.47 Å². The fourth-order valence-corrected chi connectivity index (χ4v) is 3.30. The Morgan fingerprint density at radius 1 is 1.24 bits per heavy atom. The molecule has 0 radical (unpaired) electrons. The first-order valence-corrected chi connectivity index (χ1v) is 7.40. The molecule has 1 aromatic heterocycles. The summed E-state index contributed by atoms with van der Waals surface area (Å²) >= 11 is 1.12. The van der Waals surface area contributed by atoms with Crippen molar-refractivity contribution in [3.8, 4) is 0 Å². The smallest absolute Gasteiger partial charge is 0.251 e. The highest BCUT2D eigenvalue weighted by atomic mass is 32.1. The fraction of sp³-hybridized carbons (Fsp3) is 0.462. The van der Waals surface area contributed by atoms with Crippen molar-refractivity contribution in [1.29, 1.82) is 0 Å². The maximum atomic E-state index is 12.3. The van der Waals surface area contributed by atoms with Gasteiger partial charge in [-0.25, -0.2) is 0 Å². The van der Waals surface area contributed by atoms with Crippen molar-refractivity contribution in [2.45, 2.75) is 24.4 Å². The average Bonchev–Trinajstić information content (AvgIpc) is 3.17. The average molecular weight is 307 g/mol. The van der Waals surface area contributed by atoms with Gasteiger partial charge in [0.15, 0.2) is 0 Å². The van der Waals surface area contributed by atoms with Gasteiger partial charge in [-0.15, -0.1) is 0 Å². The summed E-state index contributed by atoms with van der Waals surface area (Å²) in [7, 11) is 0. The van der Waals surface area contributed by atoms with Crippen molar-refractivity contribution in [2.75, 3.05) is 13.2 Å². The summed E-state index contributed by atoms with van der Waals surface area (Å²) in [5.41, 5.74) is 2.01. The molecule has 7 nitrogen and oxygen atoms in total. The van der Waals surface area contributed by atoms with E-state index in [2.05, 4.69) is 14.1 Å². The van der Waals surface area contributed by atoms with Gasteiger partial charge in [0.2, 0.25) is 0 Å². The van der Waals surface area contributed by atoms with E-state index in [1.807, 2.05) is 0 Å². The molecule has 4 atom stereocenters. The van der Waals surface area contributed by atoms with Gasteiger partial charge in [-0.3, -0.25) is 4.79 Å². The van der Waals surface area contributed by atoms with Gasteiger partial charge < -0.3 is 19.9 Å². The largest absolute Gasteiger partial charge is 0.388 e. The van der Waals surface area contributed by atoms with E-state index in [1.54, 1.807) is 18.2 Å². The summed E-state index contributed by atoms with van der Waals surface area (Å²) in [4.78, 5) is 12.3. The second-order valence-corrected chi connectivity index (χ2v) is 5.74. The molecule has 0 spiro atoms. The molecular formula is C13H13N3O4S. The minimum Gasteiger partial charge on any atom is -0.388 e. The van der Waals surface area contributed by atoms with Crippen LogP contribution in [0.2, 0.25) is 0 Å². The number of fused-ring (bicyclic) bond motifs is 2.